The fourth-order valence-corrected chi connectivity index (χ4v) is 3.67. The number of hydrogen-bond donors (Lipinski definition) is 0. The van der Waals surface area contributed by atoms with Gasteiger partial charge >= 0.3 is 0 Å². The second-order valence-corrected chi connectivity index (χ2v) is 5.51. The van der Waals surface area contributed by atoms with Crippen LogP contribution in [0.4, 0.5) is 0 Å². The zero-order chi connectivity index (χ0) is 8.97. The van der Waals surface area contributed by atoms with Crippen LogP contribution in [0.2, 0.25) is 0 Å². The van der Waals surface area contributed by atoms with Gasteiger partial charge in [-0.1, -0.05) is 27.2 Å². The minimum absolute atomic E-state index is 0.957. The van der Waals surface area contributed by atoms with E-state index in [1.54, 1.807) is 0 Å². The highest BCUT2D eigenvalue weighted by Crippen LogP contribution is 2.37. The highest BCUT2D eigenvalue weighted by atomic mass is 32.2. The molecule has 0 nitrogen and oxygen atoms in total. The lowest BCUT2D eigenvalue weighted by atomic mass is 9.83. The van der Waals surface area contributed by atoms with Crippen LogP contribution in [0.25, 0.3) is 0 Å². The zero-order valence-electron chi connectivity index (χ0n) is 8.68. The van der Waals surface area contributed by atoms with Crippen molar-refractivity contribution in [2.75, 3.05) is 5.75 Å². The maximum atomic E-state index is 2.43. The van der Waals surface area contributed by atoms with Gasteiger partial charge in [-0.15, -0.1) is 0 Å². The highest BCUT2D eigenvalue weighted by molar-refractivity contribution is 7.99. The highest BCUT2D eigenvalue weighted by Gasteiger charge is 2.27. The molecule has 1 rings (SSSR count). The molecule has 0 bridgehead atoms. The van der Waals surface area contributed by atoms with Crippen LogP contribution < -0.4 is 0 Å². The van der Waals surface area contributed by atoms with Gasteiger partial charge in [-0.25, -0.2) is 0 Å². The minimum Gasteiger partial charge on any atom is -0.158 e. The van der Waals surface area contributed by atoms with E-state index in [2.05, 4.69) is 32.5 Å². The third kappa shape index (κ3) is 2.69. The van der Waals surface area contributed by atoms with Crippen LogP contribution in [-0.4, -0.2) is 11.0 Å². The Morgan fingerprint density at radius 2 is 1.75 bits per heavy atom. The van der Waals surface area contributed by atoms with Crippen molar-refractivity contribution in [1.29, 1.82) is 0 Å². The maximum absolute atomic E-state index is 2.43. The summed E-state index contributed by atoms with van der Waals surface area (Å²) in [5, 5.41) is 0.957. The Bertz CT molecular complexity index is 112. The van der Waals surface area contributed by atoms with E-state index in [9.17, 15) is 0 Å². The van der Waals surface area contributed by atoms with Crippen molar-refractivity contribution in [2.45, 2.75) is 51.7 Å². The molecule has 2 atom stereocenters. The predicted octanol–water partition coefficient (Wildman–Crippen LogP) is 3.95. The van der Waals surface area contributed by atoms with Crippen LogP contribution in [0.3, 0.4) is 0 Å². The Morgan fingerprint density at radius 1 is 1.17 bits per heavy atom. The molecule has 0 aromatic rings. The van der Waals surface area contributed by atoms with E-state index >= 15 is 0 Å². The van der Waals surface area contributed by atoms with Crippen molar-refractivity contribution in [1.82, 2.24) is 0 Å². The average molecular weight is 186 g/mol. The van der Waals surface area contributed by atoms with Crippen molar-refractivity contribution in [3.05, 3.63) is 0 Å². The molecule has 0 N–H and O–H groups in total. The van der Waals surface area contributed by atoms with Crippen molar-refractivity contribution in [3.8, 4) is 0 Å². The quantitative estimate of drug-likeness (QED) is 0.643. The predicted molar refractivity (Wildman–Crippen MR) is 58.7 cm³/mol. The lowest BCUT2D eigenvalue weighted by molar-refractivity contribution is 0.314. The normalized spacial score (nSPS) is 36.8. The molecule has 1 heteroatoms. The fraction of sp³-hybridized carbons (Fsp3) is 1.00. The average Bonchev–Trinajstić information content (AvgIpc) is 2.04. The van der Waals surface area contributed by atoms with Crippen molar-refractivity contribution >= 4 is 11.8 Å². The molecule has 0 spiro atoms. The minimum atomic E-state index is 0.957. The summed E-state index contributed by atoms with van der Waals surface area (Å²) in [7, 11) is 0. The van der Waals surface area contributed by atoms with Gasteiger partial charge < -0.3 is 0 Å². The molecule has 0 heterocycles. The van der Waals surface area contributed by atoms with Gasteiger partial charge in [0.15, 0.2) is 0 Å². The van der Waals surface area contributed by atoms with Gasteiger partial charge in [0.25, 0.3) is 0 Å². The van der Waals surface area contributed by atoms with E-state index in [1.807, 2.05) is 0 Å². The molecule has 1 aliphatic rings. The summed E-state index contributed by atoms with van der Waals surface area (Å²) in [4.78, 5) is 0. The standard InChI is InChI=1S/C11H22S/c1-4-8-12-11-9(2)6-5-7-10(11)3/h9-11H,4-8H2,1-3H3. The first-order valence-electron chi connectivity index (χ1n) is 5.37. The lowest BCUT2D eigenvalue weighted by Crippen LogP contribution is -2.27. The first-order valence-corrected chi connectivity index (χ1v) is 6.42. The maximum Gasteiger partial charge on any atom is 0.00983 e. The molecule has 1 saturated carbocycles. The second kappa shape index (κ2) is 5.16. The summed E-state index contributed by atoms with van der Waals surface area (Å²) in [5.41, 5.74) is 0. The first-order chi connectivity index (χ1) is 5.75. The summed E-state index contributed by atoms with van der Waals surface area (Å²) >= 11 is 2.21. The molecule has 2 unspecified atom stereocenters. The second-order valence-electron chi connectivity index (χ2n) is 4.22. The Morgan fingerprint density at radius 3 is 2.25 bits per heavy atom. The monoisotopic (exact) mass is 186 g/mol. The molecule has 0 saturated heterocycles. The molecule has 1 aliphatic carbocycles. The number of hydrogen-bond acceptors (Lipinski definition) is 1. The van der Waals surface area contributed by atoms with Crippen molar-refractivity contribution in [3.63, 3.8) is 0 Å². The van der Waals surface area contributed by atoms with Gasteiger partial charge in [0.05, 0.1) is 0 Å². The van der Waals surface area contributed by atoms with Crippen LogP contribution in [0.5, 0.6) is 0 Å². The van der Waals surface area contributed by atoms with Crippen molar-refractivity contribution in [2.24, 2.45) is 11.8 Å². The summed E-state index contributed by atoms with van der Waals surface area (Å²) < 4.78 is 0. The molecule has 72 valence electrons. The molecule has 0 radical (unpaired) electrons. The van der Waals surface area contributed by atoms with Gasteiger partial charge in [0.2, 0.25) is 0 Å². The molecule has 1 fully saturated rings. The van der Waals surface area contributed by atoms with E-state index in [0.717, 1.165) is 17.1 Å². The molecular formula is C11H22S. The van der Waals surface area contributed by atoms with Crippen LogP contribution in [-0.2, 0) is 0 Å². The van der Waals surface area contributed by atoms with Crippen LogP contribution in [0, 0.1) is 11.8 Å². The van der Waals surface area contributed by atoms with E-state index in [4.69, 9.17) is 0 Å². The Hall–Kier alpha value is 0.350. The molecule has 0 aromatic carbocycles. The molecular weight excluding hydrogens is 164 g/mol. The third-order valence-corrected chi connectivity index (χ3v) is 4.91. The fourth-order valence-electron chi connectivity index (χ4n) is 2.23. The van der Waals surface area contributed by atoms with Gasteiger partial charge in [-0.3, -0.25) is 0 Å². The molecule has 12 heavy (non-hydrogen) atoms. The SMILES string of the molecule is CCCSC1C(C)CCCC1C. The topological polar surface area (TPSA) is 0 Å². The Balaban J connectivity index is 2.34. The van der Waals surface area contributed by atoms with Crippen molar-refractivity contribution < 1.29 is 0 Å². The Kier molecular flexibility index (Phi) is 4.49. The first kappa shape index (κ1) is 10.4. The zero-order valence-corrected chi connectivity index (χ0v) is 9.49. The third-order valence-electron chi connectivity index (χ3n) is 2.96. The summed E-state index contributed by atoms with van der Waals surface area (Å²) in [5.74, 6) is 3.29. The largest absolute Gasteiger partial charge is 0.158 e. The van der Waals surface area contributed by atoms with E-state index in [1.165, 1.54) is 31.4 Å². The van der Waals surface area contributed by atoms with Crippen LogP contribution >= 0.6 is 11.8 Å². The number of rotatable bonds is 3. The van der Waals surface area contributed by atoms with E-state index in [-0.39, 0.29) is 0 Å². The molecule has 0 amide bonds. The van der Waals surface area contributed by atoms with Gasteiger partial charge in [-0.05, 0) is 36.9 Å². The lowest BCUT2D eigenvalue weighted by Gasteiger charge is -2.34. The summed E-state index contributed by atoms with van der Waals surface area (Å²) in [6.45, 7) is 7.15. The van der Waals surface area contributed by atoms with Crippen LogP contribution in [0.1, 0.15) is 46.5 Å². The number of thioether (sulfide) groups is 1. The summed E-state index contributed by atoms with van der Waals surface area (Å²) in [6.07, 6.45) is 5.73. The Labute approximate surface area is 81.5 Å². The van der Waals surface area contributed by atoms with Gasteiger partial charge in [0.1, 0.15) is 0 Å². The molecule has 0 aliphatic heterocycles. The van der Waals surface area contributed by atoms with Gasteiger partial charge in [-0.2, -0.15) is 11.8 Å². The van der Waals surface area contributed by atoms with Crippen LogP contribution in [0.15, 0.2) is 0 Å². The van der Waals surface area contributed by atoms with Gasteiger partial charge in [0, 0.05) is 5.25 Å². The smallest absolute Gasteiger partial charge is 0.00983 e. The van der Waals surface area contributed by atoms with E-state index in [0.29, 0.717) is 0 Å². The summed E-state index contributed by atoms with van der Waals surface area (Å²) in [6, 6.07) is 0. The van der Waals surface area contributed by atoms with E-state index < -0.39 is 0 Å². The molecule has 0 aromatic heterocycles.